The van der Waals surface area contributed by atoms with Crippen molar-refractivity contribution in [3.05, 3.63) is 0 Å². The van der Waals surface area contributed by atoms with Crippen LogP contribution in [0.2, 0.25) is 0 Å². The highest BCUT2D eigenvalue weighted by molar-refractivity contribution is 4.88. The number of methoxy groups -OCH3 is 1. The van der Waals surface area contributed by atoms with E-state index in [2.05, 4.69) is 5.32 Å². The Morgan fingerprint density at radius 3 is 2.73 bits per heavy atom. The summed E-state index contributed by atoms with van der Waals surface area (Å²) in [5.41, 5.74) is 0. The lowest BCUT2D eigenvalue weighted by Gasteiger charge is -2.37. The fourth-order valence-corrected chi connectivity index (χ4v) is 1.55. The van der Waals surface area contributed by atoms with E-state index < -0.39 is 0 Å². The number of rotatable bonds is 4. The molecule has 1 heterocycles. The van der Waals surface area contributed by atoms with E-state index in [-0.39, 0.29) is 6.10 Å². The quantitative estimate of drug-likeness (QED) is 0.613. The molecule has 1 saturated heterocycles. The molecule has 2 N–H and O–H groups in total. The molecule has 11 heavy (non-hydrogen) atoms. The van der Waals surface area contributed by atoms with Crippen LogP contribution in [0.4, 0.5) is 0 Å². The predicted molar refractivity (Wildman–Crippen MR) is 43.5 cm³/mol. The molecule has 3 unspecified atom stereocenters. The Hall–Kier alpha value is -0.120. The average molecular weight is 159 g/mol. The first-order chi connectivity index (χ1) is 5.22. The molecule has 3 nitrogen and oxygen atoms in total. The molecule has 0 spiro atoms. The van der Waals surface area contributed by atoms with Crippen molar-refractivity contribution in [1.29, 1.82) is 0 Å². The van der Waals surface area contributed by atoms with Gasteiger partial charge in [-0.15, -0.1) is 0 Å². The molecule has 1 rings (SSSR count). The fourth-order valence-electron chi connectivity index (χ4n) is 1.55. The molecule has 0 saturated carbocycles. The van der Waals surface area contributed by atoms with Crippen LogP contribution in [0.3, 0.4) is 0 Å². The molecule has 1 fully saturated rings. The molecule has 0 aromatic carbocycles. The van der Waals surface area contributed by atoms with Crippen molar-refractivity contribution in [3.8, 4) is 0 Å². The zero-order chi connectivity index (χ0) is 8.27. The second kappa shape index (κ2) is 4.04. The van der Waals surface area contributed by atoms with Gasteiger partial charge in [-0.3, -0.25) is 0 Å². The van der Waals surface area contributed by atoms with Gasteiger partial charge in [0.1, 0.15) is 0 Å². The molecular formula is C8H17NO2. The zero-order valence-corrected chi connectivity index (χ0v) is 7.21. The monoisotopic (exact) mass is 159 g/mol. The molecular weight excluding hydrogens is 142 g/mol. The zero-order valence-electron chi connectivity index (χ0n) is 7.21. The van der Waals surface area contributed by atoms with Gasteiger partial charge in [0.05, 0.1) is 12.7 Å². The number of hydrogen-bond donors (Lipinski definition) is 2. The third-order valence-electron chi connectivity index (χ3n) is 2.03. The standard InChI is InChI=1S/C8H17NO2/c1-6(10)3-7-4-8(9-7)5-11-2/h6-10H,3-5H2,1-2H3. The van der Waals surface area contributed by atoms with E-state index in [1.54, 1.807) is 7.11 Å². The summed E-state index contributed by atoms with van der Waals surface area (Å²) in [6.07, 6.45) is 1.81. The van der Waals surface area contributed by atoms with Gasteiger partial charge in [0, 0.05) is 19.2 Å². The Kier molecular flexibility index (Phi) is 3.30. The minimum atomic E-state index is -0.184. The number of hydrogen-bond acceptors (Lipinski definition) is 3. The molecule has 1 aliphatic rings. The summed E-state index contributed by atoms with van der Waals surface area (Å²) in [7, 11) is 1.71. The van der Waals surface area contributed by atoms with Crippen LogP contribution in [-0.4, -0.2) is 37.0 Å². The van der Waals surface area contributed by atoms with E-state index >= 15 is 0 Å². The van der Waals surface area contributed by atoms with Gasteiger partial charge in [-0.2, -0.15) is 0 Å². The van der Waals surface area contributed by atoms with Crippen LogP contribution < -0.4 is 5.32 Å². The van der Waals surface area contributed by atoms with E-state index in [9.17, 15) is 0 Å². The van der Waals surface area contributed by atoms with Crippen molar-refractivity contribution in [2.24, 2.45) is 0 Å². The van der Waals surface area contributed by atoms with E-state index in [1.165, 1.54) is 0 Å². The Bertz CT molecular complexity index is 111. The molecule has 0 radical (unpaired) electrons. The van der Waals surface area contributed by atoms with Crippen LogP contribution in [0.15, 0.2) is 0 Å². The summed E-state index contributed by atoms with van der Waals surface area (Å²) >= 11 is 0. The maximum absolute atomic E-state index is 9.03. The lowest BCUT2D eigenvalue weighted by molar-refractivity contribution is 0.0859. The maximum Gasteiger partial charge on any atom is 0.0616 e. The molecule has 1 aliphatic heterocycles. The smallest absolute Gasteiger partial charge is 0.0616 e. The third-order valence-corrected chi connectivity index (χ3v) is 2.03. The molecule has 3 atom stereocenters. The van der Waals surface area contributed by atoms with Gasteiger partial charge >= 0.3 is 0 Å². The largest absolute Gasteiger partial charge is 0.393 e. The van der Waals surface area contributed by atoms with Gasteiger partial charge in [0.2, 0.25) is 0 Å². The van der Waals surface area contributed by atoms with Crippen molar-refractivity contribution < 1.29 is 9.84 Å². The first kappa shape index (κ1) is 8.97. The normalized spacial score (nSPS) is 33.0. The lowest BCUT2D eigenvalue weighted by Crippen LogP contribution is -2.55. The number of aliphatic hydroxyl groups is 1. The SMILES string of the molecule is COCC1CC(CC(C)O)N1. The van der Waals surface area contributed by atoms with Gasteiger partial charge in [0.25, 0.3) is 0 Å². The second-order valence-electron chi connectivity index (χ2n) is 3.34. The summed E-state index contributed by atoms with van der Waals surface area (Å²) < 4.78 is 4.97. The first-order valence-corrected chi connectivity index (χ1v) is 4.15. The summed E-state index contributed by atoms with van der Waals surface area (Å²) in [6.45, 7) is 2.61. The van der Waals surface area contributed by atoms with Gasteiger partial charge in [-0.1, -0.05) is 0 Å². The van der Waals surface area contributed by atoms with Gasteiger partial charge in [0.15, 0.2) is 0 Å². The van der Waals surface area contributed by atoms with Crippen molar-refractivity contribution in [1.82, 2.24) is 5.32 Å². The Balaban J connectivity index is 2.00. The van der Waals surface area contributed by atoms with Crippen LogP contribution in [0, 0.1) is 0 Å². The molecule has 0 aliphatic carbocycles. The van der Waals surface area contributed by atoms with Crippen LogP contribution in [0.1, 0.15) is 19.8 Å². The van der Waals surface area contributed by atoms with E-state index in [1.807, 2.05) is 6.92 Å². The Morgan fingerprint density at radius 1 is 1.64 bits per heavy atom. The van der Waals surface area contributed by atoms with E-state index in [0.29, 0.717) is 12.1 Å². The van der Waals surface area contributed by atoms with Crippen molar-refractivity contribution in [2.75, 3.05) is 13.7 Å². The summed E-state index contributed by atoms with van der Waals surface area (Å²) in [4.78, 5) is 0. The van der Waals surface area contributed by atoms with Gasteiger partial charge in [-0.05, 0) is 19.8 Å². The summed E-state index contributed by atoms with van der Waals surface area (Å²) in [5.74, 6) is 0. The highest BCUT2D eigenvalue weighted by atomic mass is 16.5. The van der Waals surface area contributed by atoms with Crippen LogP contribution in [0.5, 0.6) is 0 Å². The van der Waals surface area contributed by atoms with E-state index in [0.717, 1.165) is 19.4 Å². The fraction of sp³-hybridized carbons (Fsp3) is 1.00. The minimum absolute atomic E-state index is 0.184. The van der Waals surface area contributed by atoms with Crippen LogP contribution >= 0.6 is 0 Å². The van der Waals surface area contributed by atoms with E-state index in [4.69, 9.17) is 9.84 Å². The molecule has 3 heteroatoms. The third kappa shape index (κ3) is 2.77. The van der Waals surface area contributed by atoms with Crippen molar-refractivity contribution >= 4 is 0 Å². The minimum Gasteiger partial charge on any atom is -0.393 e. The number of nitrogens with one attached hydrogen (secondary N) is 1. The second-order valence-corrected chi connectivity index (χ2v) is 3.34. The van der Waals surface area contributed by atoms with Gasteiger partial charge in [-0.25, -0.2) is 0 Å². The molecule has 66 valence electrons. The predicted octanol–water partition coefficient (Wildman–Crippen LogP) is 0.134. The highest BCUT2D eigenvalue weighted by Crippen LogP contribution is 2.16. The van der Waals surface area contributed by atoms with Gasteiger partial charge < -0.3 is 15.2 Å². The average Bonchev–Trinajstić information content (AvgIpc) is 1.82. The number of ether oxygens (including phenoxy) is 1. The molecule has 0 aromatic rings. The Labute approximate surface area is 67.7 Å². The molecule has 0 aromatic heterocycles. The molecule has 0 amide bonds. The van der Waals surface area contributed by atoms with Crippen LogP contribution in [0.25, 0.3) is 0 Å². The Morgan fingerprint density at radius 2 is 2.27 bits per heavy atom. The number of aliphatic hydroxyl groups excluding tert-OH is 1. The van der Waals surface area contributed by atoms with Crippen LogP contribution in [-0.2, 0) is 4.74 Å². The summed E-state index contributed by atoms with van der Waals surface area (Å²) in [5, 5.41) is 12.4. The lowest BCUT2D eigenvalue weighted by atomic mass is 9.93. The summed E-state index contributed by atoms with van der Waals surface area (Å²) in [6, 6.07) is 1.03. The first-order valence-electron chi connectivity index (χ1n) is 4.15. The maximum atomic E-state index is 9.03. The molecule has 0 bridgehead atoms. The van der Waals surface area contributed by atoms with Crippen molar-refractivity contribution in [3.63, 3.8) is 0 Å². The highest BCUT2D eigenvalue weighted by Gasteiger charge is 2.28. The van der Waals surface area contributed by atoms with Crippen molar-refractivity contribution in [2.45, 2.75) is 38.0 Å². The topological polar surface area (TPSA) is 41.5 Å².